The Morgan fingerprint density at radius 1 is 1.31 bits per heavy atom. The van der Waals surface area contributed by atoms with Crippen molar-refractivity contribution in [2.24, 2.45) is 0 Å². The lowest BCUT2D eigenvalue weighted by Crippen LogP contribution is -2.41. The fourth-order valence-corrected chi connectivity index (χ4v) is 3.21. The van der Waals surface area contributed by atoms with Crippen LogP contribution >= 0.6 is 11.6 Å². The number of alkyl halides is 3. The van der Waals surface area contributed by atoms with Crippen molar-refractivity contribution in [1.29, 1.82) is 0 Å². The van der Waals surface area contributed by atoms with Gasteiger partial charge in [-0.2, -0.15) is 13.2 Å². The van der Waals surface area contributed by atoms with E-state index in [1.807, 2.05) is 0 Å². The zero-order valence-electron chi connectivity index (χ0n) is 14.4. The summed E-state index contributed by atoms with van der Waals surface area (Å²) in [5.41, 5.74) is 0.250. The Balaban J connectivity index is 2.53. The smallest absolute Gasteiger partial charge is 0.354 e. The Labute approximate surface area is 156 Å². The van der Waals surface area contributed by atoms with Gasteiger partial charge in [0.25, 0.3) is 0 Å². The van der Waals surface area contributed by atoms with E-state index in [1.165, 1.54) is 19.2 Å². The number of anilines is 1. The van der Waals surface area contributed by atoms with E-state index in [0.717, 1.165) is 15.5 Å². The van der Waals surface area contributed by atoms with Gasteiger partial charge in [0, 0.05) is 11.6 Å². The Kier molecular flexibility index (Phi) is 8.16. The molecular weight excluding hydrogens is 395 g/mol. The zero-order valence-corrected chi connectivity index (χ0v) is 16.0. The number of nitrogens with one attached hydrogen (secondary N) is 1. The fourth-order valence-electron chi connectivity index (χ4n) is 2.18. The van der Waals surface area contributed by atoms with Crippen LogP contribution in [0.4, 0.5) is 18.9 Å². The molecule has 0 radical (unpaired) electrons. The quantitative estimate of drug-likeness (QED) is 0.627. The van der Waals surface area contributed by atoms with Crippen LogP contribution in [0.1, 0.15) is 6.42 Å². The predicted octanol–water partition coefficient (Wildman–Crippen LogP) is 2.11. The average Bonchev–Trinajstić information content (AvgIpc) is 2.46. The van der Waals surface area contributed by atoms with E-state index in [9.17, 15) is 26.4 Å². The number of halogens is 4. The molecule has 0 unspecified atom stereocenters. The lowest BCUT2D eigenvalue weighted by molar-refractivity contribution is -0.143. The fraction of sp³-hybridized carbons (Fsp3) is 0.533. The van der Waals surface area contributed by atoms with Crippen molar-refractivity contribution in [1.82, 2.24) is 10.2 Å². The lowest BCUT2D eigenvalue weighted by atomic mass is 10.3. The molecule has 0 saturated heterocycles. The topological polar surface area (TPSA) is 69.7 Å². The molecular formula is C15H21ClF3N3O3S. The van der Waals surface area contributed by atoms with Gasteiger partial charge in [0.2, 0.25) is 15.9 Å². The summed E-state index contributed by atoms with van der Waals surface area (Å²) in [6.07, 6.45) is -3.01. The van der Waals surface area contributed by atoms with Crippen LogP contribution in [0.15, 0.2) is 24.3 Å². The molecule has 0 atom stereocenters. The molecule has 6 nitrogen and oxygen atoms in total. The minimum atomic E-state index is -4.27. The Hall–Kier alpha value is -1.52. The molecule has 0 aliphatic heterocycles. The molecule has 1 rings (SSSR count). The van der Waals surface area contributed by atoms with Crippen LogP contribution in [0, 0.1) is 0 Å². The molecule has 26 heavy (non-hydrogen) atoms. The van der Waals surface area contributed by atoms with Crippen molar-refractivity contribution in [3.05, 3.63) is 29.3 Å². The van der Waals surface area contributed by atoms with E-state index in [1.54, 1.807) is 12.1 Å². The van der Waals surface area contributed by atoms with E-state index < -0.39 is 35.2 Å². The molecule has 1 aromatic rings. The van der Waals surface area contributed by atoms with E-state index in [-0.39, 0.29) is 18.8 Å². The molecule has 0 aromatic heterocycles. The second-order valence-electron chi connectivity index (χ2n) is 5.81. The first-order valence-electron chi connectivity index (χ1n) is 7.64. The van der Waals surface area contributed by atoms with Crippen LogP contribution in [0.5, 0.6) is 0 Å². The number of amides is 1. The molecule has 148 valence electrons. The third kappa shape index (κ3) is 8.72. The third-order valence-electron chi connectivity index (χ3n) is 3.27. The Bertz CT molecular complexity index is 714. The summed E-state index contributed by atoms with van der Waals surface area (Å²) in [6, 6.07) is 6.06. The molecule has 11 heteroatoms. The zero-order chi connectivity index (χ0) is 20.0. The number of benzene rings is 1. The maximum absolute atomic E-state index is 12.2. The summed E-state index contributed by atoms with van der Waals surface area (Å²) >= 11 is 5.85. The Morgan fingerprint density at radius 2 is 1.96 bits per heavy atom. The second kappa shape index (κ2) is 9.43. The molecule has 1 aromatic carbocycles. The first-order valence-corrected chi connectivity index (χ1v) is 9.86. The van der Waals surface area contributed by atoms with Gasteiger partial charge in [0.1, 0.15) is 6.54 Å². The Morgan fingerprint density at radius 3 is 2.50 bits per heavy atom. The van der Waals surface area contributed by atoms with E-state index in [2.05, 4.69) is 5.32 Å². The largest absolute Gasteiger partial charge is 0.401 e. The minimum Gasteiger partial charge on any atom is -0.354 e. The van der Waals surface area contributed by atoms with E-state index >= 15 is 0 Å². The number of carbonyl (C=O) groups excluding carboxylic acids is 1. The number of carbonyl (C=O) groups is 1. The van der Waals surface area contributed by atoms with Crippen LogP contribution in [-0.2, 0) is 14.8 Å². The highest BCUT2D eigenvalue weighted by molar-refractivity contribution is 7.92. The van der Waals surface area contributed by atoms with Gasteiger partial charge in [-0.05, 0) is 38.2 Å². The standard InChI is InChI=1S/C15H21ClF3N3O3S/c1-21(11-15(17,18)19)8-4-7-20-14(23)10-22(26(2,24)25)13-6-3-5-12(16)9-13/h3,5-6,9H,4,7-8,10-11H2,1-2H3,(H,20,23). The molecule has 0 heterocycles. The molecule has 1 amide bonds. The van der Waals surface area contributed by atoms with Gasteiger partial charge < -0.3 is 5.32 Å². The highest BCUT2D eigenvalue weighted by Crippen LogP contribution is 2.21. The van der Waals surface area contributed by atoms with Crippen LogP contribution in [0.3, 0.4) is 0 Å². The van der Waals surface area contributed by atoms with Crippen molar-refractivity contribution in [2.75, 3.05) is 43.8 Å². The van der Waals surface area contributed by atoms with Gasteiger partial charge in [-0.25, -0.2) is 8.42 Å². The number of sulfonamides is 1. The highest BCUT2D eigenvalue weighted by Gasteiger charge is 2.28. The summed E-state index contributed by atoms with van der Waals surface area (Å²) in [6.45, 7) is -1.20. The third-order valence-corrected chi connectivity index (χ3v) is 4.65. The van der Waals surface area contributed by atoms with Crippen molar-refractivity contribution in [3.8, 4) is 0 Å². The number of hydrogen-bond donors (Lipinski definition) is 1. The van der Waals surface area contributed by atoms with Gasteiger partial charge in [-0.15, -0.1) is 0 Å². The van der Waals surface area contributed by atoms with Gasteiger partial charge in [0.15, 0.2) is 0 Å². The molecule has 0 spiro atoms. The summed E-state index contributed by atoms with van der Waals surface area (Å²) in [7, 11) is -2.38. The van der Waals surface area contributed by atoms with E-state index in [0.29, 0.717) is 11.4 Å². The number of hydrogen-bond acceptors (Lipinski definition) is 4. The molecule has 0 bridgehead atoms. The molecule has 1 N–H and O–H groups in total. The first-order chi connectivity index (χ1) is 11.9. The van der Waals surface area contributed by atoms with Crippen molar-refractivity contribution in [2.45, 2.75) is 12.6 Å². The monoisotopic (exact) mass is 415 g/mol. The van der Waals surface area contributed by atoms with Crippen LogP contribution < -0.4 is 9.62 Å². The maximum atomic E-state index is 12.2. The molecule has 0 saturated carbocycles. The first kappa shape index (κ1) is 22.5. The normalized spacial score (nSPS) is 12.3. The van der Waals surface area contributed by atoms with Crippen LogP contribution in [0.2, 0.25) is 5.02 Å². The van der Waals surface area contributed by atoms with Gasteiger partial charge in [-0.1, -0.05) is 17.7 Å². The lowest BCUT2D eigenvalue weighted by Gasteiger charge is -2.22. The van der Waals surface area contributed by atoms with Gasteiger partial charge in [0.05, 0.1) is 18.5 Å². The summed E-state index contributed by atoms with van der Waals surface area (Å²) in [5.74, 6) is -0.561. The highest BCUT2D eigenvalue weighted by atomic mass is 35.5. The summed E-state index contributed by atoms with van der Waals surface area (Å²) < 4.78 is 61.4. The average molecular weight is 416 g/mol. The SMILES string of the molecule is CN(CCCNC(=O)CN(c1cccc(Cl)c1)S(C)(=O)=O)CC(F)(F)F. The predicted molar refractivity (Wildman–Crippen MR) is 94.8 cm³/mol. The maximum Gasteiger partial charge on any atom is 0.401 e. The summed E-state index contributed by atoms with van der Waals surface area (Å²) in [5, 5.41) is 2.83. The van der Waals surface area contributed by atoms with E-state index in [4.69, 9.17) is 11.6 Å². The summed E-state index contributed by atoms with van der Waals surface area (Å²) in [4.78, 5) is 13.1. The van der Waals surface area contributed by atoms with Crippen molar-refractivity contribution < 1.29 is 26.4 Å². The number of rotatable bonds is 9. The molecule has 0 aliphatic rings. The van der Waals surface area contributed by atoms with Gasteiger partial charge in [-0.3, -0.25) is 14.0 Å². The molecule has 0 fully saturated rings. The van der Waals surface area contributed by atoms with Gasteiger partial charge >= 0.3 is 6.18 Å². The van der Waals surface area contributed by atoms with Crippen LogP contribution in [0.25, 0.3) is 0 Å². The van der Waals surface area contributed by atoms with Crippen molar-refractivity contribution in [3.63, 3.8) is 0 Å². The number of nitrogens with zero attached hydrogens (tertiary/aromatic N) is 2. The van der Waals surface area contributed by atoms with Crippen molar-refractivity contribution >= 4 is 33.2 Å². The minimum absolute atomic E-state index is 0.133. The second-order valence-corrected chi connectivity index (χ2v) is 8.15. The molecule has 0 aliphatic carbocycles. The van der Waals surface area contributed by atoms with Crippen LogP contribution in [-0.4, -0.2) is 64.9 Å².